The van der Waals surface area contributed by atoms with Crippen LogP contribution in [0.1, 0.15) is 31.4 Å². The number of rotatable bonds is 6. The molecule has 2 aromatic rings. The zero-order chi connectivity index (χ0) is 17.6. The predicted octanol–water partition coefficient (Wildman–Crippen LogP) is 3.28. The molecule has 2 N–H and O–H groups in total. The van der Waals surface area contributed by atoms with Gasteiger partial charge < -0.3 is 24.7 Å². The first-order chi connectivity index (χ1) is 12.2. The van der Waals surface area contributed by atoms with Crippen LogP contribution in [0.4, 0.5) is 4.79 Å². The average Bonchev–Trinajstić information content (AvgIpc) is 3.06. The quantitative estimate of drug-likeness (QED) is 0.844. The molecule has 0 radical (unpaired) electrons. The third-order valence-corrected chi connectivity index (χ3v) is 4.86. The van der Waals surface area contributed by atoms with Gasteiger partial charge in [0.15, 0.2) is 0 Å². The van der Waals surface area contributed by atoms with Crippen molar-refractivity contribution in [3.05, 3.63) is 30.0 Å². The van der Waals surface area contributed by atoms with Crippen LogP contribution in [0.15, 0.2) is 24.3 Å². The third kappa shape index (κ3) is 4.25. The van der Waals surface area contributed by atoms with Crippen LogP contribution in [-0.2, 0) is 11.3 Å². The molecule has 25 heavy (non-hydrogen) atoms. The number of benzene rings is 1. The molecule has 0 unspecified atom stereocenters. The number of ether oxygens (including phenoxy) is 2. The molecule has 136 valence electrons. The summed E-state index contributed by atoms with van der Waals surface area (Å²) >= 11 is 0. The standard InChI is InChI=1S/C19H27N3O3/c1-24-10-8-16-5-3-4-9-22(16)19(23)20-13-15-11-14-12-17(25-2)6-7-18(14)21-15/h6-7,11-12,16,21H,3-5,8-10,13H2,1-2H3,(H,20,23)/t16-/m1/s1. The second kappa shape index (κ2) is 8.25. The molecular formula is C19H27N3O3. The van der Waals surface area contributed by atoms with Crippen molar-refractivity contribution in [3.63, 3.8) is 0 Å². The highest BCUT2D eigenvalue weighted by Crippen LogP contribution is 2.22. The van der Waals surface area contributed by atoms with Crippen molar-refractivity contribution in [1.82, 2.24) is 15.2 Å². The number of likely N-dealkylation sites (tertiary alicyclic amines) is 1. The molecule has 1 aromatic heterocycles. The lowest BCUT2D eigenvalue weighted by Crippen LogP contribution is -2.48. The Hall–Kier alpha value is -2.21. The first kappa shape index (κ1) is 17.6. The SMILES string of the molecule is COCC[C@H]1CCCCN1C(=O)NCc1cc2cc(OC)ccc2[nH]1. The van der Waals surface area contributed by atoms with Crippen molar-refractivity contribution in [1.29, 1.82) is 0 Å². The summed E-state index contributed by atoms with van der Waals surface area (Å²) in [7, 11) is 3.37. The van der Waals surface area contributed by atoms with Gasteiger partial charge in [-0.05, 0) is 49.9 Å². The topological polar surface area (TPSA) is 66.6 Å². The summed E-state index contributed by atoms with van der Waals surface area (Å²) in [5.74, 6) is 0.830. The van der Waals surface area contributed by atoms with E-state index in [4.69, 9.17) is 9.47 Å². The molecule has 0 aliphatic carbocycles. The second-order valence-corrected chi connectivity index (χ2v) is 6.53. The summed E-state index contributed by atoms with van der Waals surface area (Å²) < 4.78 is 10.4. The lowest BCUT2D eigenvalue weighted by Gasteiger charge is -2.35. The van der Waals surface area contributed by atoms with Gasteiger partial charge in [-0.3, -0.25) is 0 Å². The van der Waals surface area contributed by atoms with Crippen LogP contribution < -0.4 is 10.1 Å². The lowest BCUT2D eigenvalue weighted by atomic mass is 10.00. The molecule has 1 aromatic carbocycles. The van der Waals surface area contributed by atoms with Crippen molar-refractivity contribution in [2.75, 3.05) is 27.4 Å². The fraction of sp³-hybridized carbons (Fsp3) is 0.526. The maximum Gasteiger partial charge on any atom is 0.317 e. The molecule has 6 nitrogen and oxygen atoms in total. The summed E-state index contributed by atoms with van der Waals surface area (Å²) in [6.45, 7) is 2.01. The number of carbonyl (C=O) groups excluding carboxylic acids is 1. The lowest BCUT2D eigenvalue weighted by molar-refractivity contribution is 0.116. The number of fused-ring (bicyclic) bond motifs is 1. The summed E-state index contributed by atoms with van der Waals surface area (Å²) in [5, 5.41) is 4.13. The van der Waals surface area contributed by atoms with Crippen molar-refractivity contribution in [3.8, 4) is 5.75 Å². The molecule has 3 rings (SSSR count). The van der Waals surface area contributed by atoms with Gasteiger partial charge in [-0.15, -0.1) is 0 Å². The predicted molar refractivity (Wildman–Crippen MR) is 97.9 cm³/mol. The maximum absolute atomic E-state index is 12.6. The van der Waals surface area contributed by atoms with E-state index in [1.807, 2.05) is 23.1 Å². The summed E-state index contributed by atoms with van der Waals surface area (Å²) in [4.78, 5) is 17.9. The highest BCUT2D eigenvalue weighted by molar-refractivity contribution is 5.82. The van der Waals surface area contributed by atoms with Gasteiger partial charge >= 0.3 is 6.03 Å². The number of amides is 2. The normalized spacial score (nSPS) is 17.7. The van der Waals surface area contributed by atoms with E-state index in [0.717, 1.165) is 48.2 Å². The Labute approximate surface area is 148 Å². The van der Waals surface area contributed by atoms with Gasteiger partial charge in [0.1, 0.15) is 5.75 Å². The van der Waals surface area contributed by atoms with E-state index >= 15 is 0 Å². The van der Waals surface area contributed by atoms with Crippen LogP contribution in [0.3, 0.4) is 0 Å². The van der Waals surface area contributed by atoms with Crippen LogP contribution >= 0.6 is 0 Å². The van der Waals surface area contributed by atoms with Crippen LogP contribution in [0.5, 0.6) is 5.75 Å². The Balaban J connectivity index is 1.60. The van der Waals surface area contributed by atoms with Crippen molar-refractivity contribution in [2.45, 2.75) is 38.3 Å². The number of nitrogens with zero attached hydrogens (tertiary/aromatic N) is 1. The highest BCUT2D eigenvalue weighted by Gasteiger charge is 2.26. The number of piperidine rings is 1. The minimum atomic E-state index is 0.0111. The van der Waals surface area contributed by atoms with Crippen molar-refractivity contribution >= 4 is 16.9 Å². The van der Waals surface area contributed by atoms with Gasteiger partial charge in [-0.1, -0.05) is 0 Å². The number of nitrogens with one attached hydrogen (secondary N) is 2. The Morgan fingerprint density at radius 1 is 1.32 bits per heavy atom. The molecule has 0 saturated carbocycles. The molecule has 1 aliphatic rings. The third-order valence-electron chi connectivity index (χ3n) is 4.86. The Bertz CT molecular complexity index is 713. The number of methoxy groups -OCH3 is 2. The van der Waals surface area contributed by atoms with E-state index in [9.17, 15) is 4.79 Å². The maximum atomic E-state index is 12.6. The smallest absolute Gasteiger partial charge is 0.317 e. The average molecular weight is 345 g/mol. The number of H-pyrrole nitrogens is 1. The van der Waals surface area contributed by atoms with Gasteiger partial charge in [0.2, 0.25) is 0 Å². The Morgan fingerprint density at radius 2 is 2.20 bits per heavy atom. The summed E-state index contributed by atoms with van der Waals surface area (Å²) in [6, 6.07) is 8.25. The van der Waals surface area contributed by atoms with Gasteiger partial charge in [0, 0.05) is 42.9 Å². The molecule has 1 fully saturated rings. The second-order valence-electron chi connectivity index (χ2n) is 6.53. The number of hydrogen-bond acceptors (Lipinski definition) is 3. The molecule has 0 spiro atoms. The Morgan fingerprint density at radius 3 is 3.00 bits per heavy atom. The van der Waals surface area contributed by atoms with Crippen LogP contribution in [0.2, 0.25) is 0 Å². The zero-order valence-corrected chi connectivity index (χ0v) is 15.0. The van der Waals surface area contributed by atoms with Crippen molar-refractivity contribution < 1.29 is 14.3 Å². The monoisotopic (exact) mass is 345 g/mol. The first-order valence-electron chi connectivity index (χ1n) is 8.90. The van der Waals surface area contributed by atoms with E-state index < -0.39 is 0 Å². The van der Waals surface area contributed by atoms with E-state index in [2.05, 4.69) is 16.4 Å². The number of hydrogen-bond donors (Lipinski definition) is 2. The molecular weight excluding hydrogens is 318 g/mol. The number of carbonyl (C=O) groups is 1. The number of urea groups is 1. The largest absolute Gasteiger partial charge is 0.497 e. The molecule has 2 heterocycles. The van der Waals surface area contributed by atoms with E-state index in [1.54, 1.807) is 14.2 Å². The Kier molecular flexibility index (Phi) is 5.81. The molecule has 2 amide bonds. The van der Waals surface area contributed by atoms with Gasteiger partial charge in [-0.25, -0.2) is 4.79 Å². The molecule has 6 heteroatoms. The fourth-order valence-electron chi connectivity index (χ4n) is 3.49. The van der Waals surface area contributed by atoms with E-state index in [0.29, 0.717) is 13.2 Å². The summed E-state index contributed by atoms with van der Waals surface area (Å²) in [5.41, 5.74) is 2.03. The van der Waals surface area contributed by atoms with Crippen LogP contribution in [-0.4, -0.2) is 49.3 Å². The van der Waals surface area contributed by atoms with E-state index in [1.165, 1.54) is 6.42 Å². The zero-order valence-electron chi connectivity index (χ0n) is 15.0. The molecule has 1 aliphatic heterocycles. The highest BCUT2D eigenvalue weighted by atomic mass is 16.5. The van der Waals surface area contributed by atoms with Gasteiger partial charge in [0.05, 0.1) is 13.7 Å². The molecule has 1 atom stereocenters. The fourth-order valence-corrected chi connectivity index (χ4v) is 3.49. The van der Waals surface area contributed by atoms with Crippen molar-refractivity contribution in [2.24, 2.45) is 0 Å². The minimum absolute atomic E-state index is 0.0111. The minimum Gasteiger partial charge on any atom is -0.497 e. The van der Waals surface area contributed by atoms with Crippen LogP contribution in [0, 0.1) is 0 Å². The van der Waals surface area contributed by atoms with Gasteiger partial charge in [0.25, 0.3) is 0 Å². The number of aromatic nitrogens is 1. The summed E-state index contributed by atoms with van der Waals surface area (Å²) in [6.07, 6.45) is 4.21. The first-order valence-corrected chi connectivity index (χ1v) is 8.90. The molecule has 0 bridgehead atoms. The van der Waals surface area contributed by atoms with E-state index in [-0.39, 0.29) is 12.1 Å². The van der Waals surface area contributed by atoms with Crippen LogP contribution in [0.25, 0.3) is 10.9 Å². The number of aromatic amines is 1. The van der Waals surface area contributed by atoms with Gasteiger partial charge in [-0.2, -0.15) is 0 Å². The molecule has 1 saturated heterocycles.